The third-order valence-electron chi connectivity index (χ3n) is 2.41. The van der Waals surface area contributed by atoms with Crippen LogP contribution in [0.25, 0.3) is 0 Å². The summed E-state index contributed by atoms with van der Waals surface area (Å²) >= 11 is 0. The number of ether oxygens (including phenoxy) is 1. The highest BCUT2D eigenvalue weighted by atomic mass is 16.5. The van der Waals surface area contributed by atoms with Crippen LogP contribution in [-0.2, 0) is 11.2 Å². The Balaban J connectivity index is 2.75. The Morgan fingerprint density at radius 2 is 1.72 bits per heavy atom. The molecule has 4 nitrogen and oxygen atoms in total. The van der Waals surface area contributed by atoms with E-state index in [1.54, 1.807) is 0 Å². The lowest BCUT2D eigenvalue weighted by atomic mass is 9.94. The molecule has 1 aromatic carbocycles. The lowest BCUT2D eigenvalue weighted by molar-refractivity contribution is -0.142. The molecule has 0 bridgehead atoms. The van der Waals surface area contributed by atoms with Crippen LogP contribution in [0.4, 0.5) is 0 Å². The fourth-order valence-electron chi connectivity index (χ4n) is 1.53. The first-order valence-electron chi connectivity index (χ1n) is 5.90. The average molecular weight is 251 g/mol. The van der Waals surface area contributed by atoms with Crippen molar-refractivity contribution in [1.29, 1.82) is 0 Å². The third kappa shape index (κ3) is 4.37. The second-order valence-corrected chi connectivity index (χ2v) is 5.76. The van der Waals surface area contributed by atoms with Crippen LogP contribution in [0.15, 0.2) is 24.3 Å². The summed E-state index contributed by atoms with van der Waals surface area (Å²) in [7, 11) is 0. The van der Waals surface area contributed by atoms with Crippen molar-refractivity contribution in [3.63, 3.8) is 0 Å². The van der Waals surface area contributed by atoms with Gasteiger partial charge in [-0.1, -0.05) is 12.1 Å². The zero-order valence-electron chi connectivity index (χ0n) is 11.4. The Kier molecular flexibility index (Phi) is 4.02. The van der Waals surface area contributed by atoms with E-state index < -0.39 is 11.5 Å². The van der Waals surface area contributed by atoms with Gasteiger partial charge in [0.25, 0.3) is 0 Å². The summed E-state index contributed by atoms with van der Waals surface area (Å²) in [4.78, 5) is 10.9. The van der Waals surface area contributed by atoms with Gasteiger partial charge >= 0.3 is 5.97 Å². The highest BCUT2D eigenvalue weighted by Gasteiger charge is 2.28. The van der Waals surface area contributed by atoms with Crippen LogP contribution >= 0.6 is 0 Å². The molecule has 1 rings (SSSR count). The number of carboxylic acids is 1. The molecule has 0 heterocycles. The van der Waals surface area contributed by atoms with Crippen molar-refractivity contribution in [2.24, 2.45) is 5.73 Å². The Labute approximate surface area is 108 Å². The number of nitrogens with two attached hydrogens (primary N) is 1. The van der Waals surface area contributed by atoms with Gasteiger partial charge in [-0.2, -0.15) is 0 Å². The minimum absolute atomic E-state index is 0.245. The monoisotopic (exact) mass is 251 g/mol. The Bertz CT molecular complexity index is 416. The SMILES string of the molecule is CC(C)(C)Oc1ccc(C[C@](C)(N)C(=O)O)cc1. The van der Waals surface area contributed by atoms with Crippen LogP contribution in [0, 0.1) is 0 Å². The van der Waals surface area contributed by atoms with Gasteiger partial charge < -0.3 is 15.6 Å². The van der Waals surface area contributed by atoms with Gasteiger partial charge in [-0.25, -0.2) is 0 Å². The predicted molar refractivity (Wildman–Crippen MR) is 70.8 cm³/mol. The average Bonchev–Trinajstić information content (AvgIpc) is 2.18. The fourth-order valence-corrected chi connectivity index (χ4v) is 1.53. The first-order valence-corrected chi connectivity index (χ1v) is 5.90. The van der Waals surface area contributed by atoms with E-state index in [0.29, 0.717) is 0 Å². The van der Waals surface area contributed by atoms with Gasteiger partial charge in [-0.3, -0.25) is 4.79 Å². The van der Waals surface area contributed by atoms with Crippen molar-refractivity contribution in [3.8, 4) is 5.75 Å². The molecule has 4 heteroatoms. The maximum atomic E-state index is 10.9. The largest absolute Gasteiger partial charge is 0.488 e. The highest BCUT2D eigenvalue weighted by molar-refractivity contribution is 5.78. The van der Waals surface area contributed by atoms with Crippen LogP contribution in [0.1, 0.15) is 33.3 Å². The maximum Gasteiger partial charge on any atom is 0.323 e. The van der Waals surface area contributed by atoms with E-state index in [2.05, 4.69) is 0 Å². The summed E-state index contributed by atoms with van der Waals surface area (Å²) < 4.78 is 5.69. The number of hydrogen-bond acceptors (Lipinski definition) is 3. The normalized spacial score (nSPS) is 14.9. The second kappa shape index (κ2) is 4.98. The van der Waals surface area contributed by atoms with Crippen molar-refractivity contribution < 1.29 is 14.6 Å². The molecule has 0 aliphatic rings. The molecule has 0 amide bonds. The van der Waals surface area contributed by atoms with Crippen molar-refractivity contribution >= 4 is 5.97 Å². The van der Waals surface area contributed by atoms with E-state index in [9.17, 15) is 4.79 Å². The Morgan fingerprint density at radius 3 is 2.11 bits per heavy atom. The van der Waals surface area contributed by atoms with E-state index in [1.165, 1.54) is 6.92 Å². The zero-order valence-corrected chi connectivity index (χ0v) is 11.4. The molecule has 0 radical (unpaired) electrons. The summed E-state index contributed by atoms with van der Waals surface area (Å²) in [5.74, 6) is -0.238. The van der Waals surface area contributed by atoms with Crippen LogP contribution in [-0.4, -0.2) is 22.2 Å². The number of benzene rings is 1. The van der Waals surface area contributed by atoms with Gasteiger partial charge in [0, 0.05) is 6.42 Å². The van der Waals surface area contributed by atoms with Crippen molar-refractivity contribution in [2.45, 2.75) is 45.3 Å². The summed E-state index contributed by atoms with van der Waals surface area (Å²) in [6.07, 6.45) is 0.290. The zero-order chi connectivity index (χ0) is 14.0. The summed E-state index contributed by atoms with van der Waals surface area (Å²) in [6, 6.07) is 7.35. The summed E-state index contributed by atoms with van der Waals surface area (Å²) in [5.41, 5.74) is 5.09. The van der Waals surface area contributed by atoms with Crippen LogP contribution in [0.2, 0.25) is 0 Å². The van der Waals surface area contributed by atoms with E-state index in [-0.39, 0.29) is 12.0 Å². The van der Waals surface area contributed by atoms with E-state index in [1.807, 2.05) is 45.0 Å². The molecule has 0 fully saturated rings. The number of carboxylic acid groups (broad SMARTS) is 1. The van der Waals surface area contributed by atoms with Crippen LogP contribution < -0.4 is 10.5 Å². The Morgan fingerprint density at radius 1 is 1.22 bits per heavy atom. The Hall–Kier alpha value is -1.55. The van der Waals surface area contributed by atoms with Gasteiger partial charge in [0.15, 0.2) is 0 Å². The molecule has 0 aliphatic heterocycles. The molecule has 0 aliphatic carbocycles. The lowest BCUT2D eigenvalue weighted by Gasteiger charge is -2.22. The molecule has 18 heavy (non-hydrogen) atoms. The predicted octanol–water partition coefficient (Wildman–Crippen LogP) is 2.21. The van der Waals surface area contributed by atoms with Crippen LogP contribution in [0.5, 0.6) is 5.75 Å². The minimum Gasteiger partial charge on any atom is -0.488 e. The molecule has 1 aromatic rings. The topological polar surface area (TPSA) is 72.5 Å². The highest BCUT2D eigenvalue weighted by Crippen LogP contribution is 2.20. The molecule has 100 valence electrons. The maximum absolute atomic E-state index is 10.9. The van der Waals surface area contributed by atoms with Crippen molar-refractivity contribution in [1.82, 2.24) is 0 Å². The first-order chi connectivity index (χ1) is 8.10. The quantitative estimate of drug-likeness (QED) is 0.860. The van der Waals surface area contributed by atoms with Gasteiger partial charge in [0.2, 0.25) is 0 Å². The third-order valence-corrected chi connectivity index (χ3v) is 2.41. The smallest absolute Gasteiger partial charge is 0.323 e. The minimum atomic E-state index is -1.24. The van der Waals surface area contributed by atoms with E-state index >= 15 is 0 Å². The molecule has 0 aromatic heterocycles. The molecule has 1 atom stereocenters. The summed E-state index contributed by atoms with van der Waals surface area (Å²) in [5, 5.41) is 8.96. The summed E-state index contributed by atoms with van der Waals surface area (Å²) in [6.45, 7) is 7.43. The van der Waals surface area contributed by atoms with Crippen LogP contribution in [0.3, 0.4) is 0 Å². The first kappa shape index (κ1) is 14.5. The molecular formula is C14H21NO3. The molecule has 3 N–H and O–H groups in total. The van der Waals surface area contributed by atoms with E-state index in [4.69, 9.17) is 15.6 Å². The van der Waals surface area contributed by atoms with Gasteiger partial charge in [0.1, 0.15) is 16.9 Å². The number of hydrogen-bond donors (Lipinski definition) is 2. The standard InChI is InChI=1S/C14H21NO3/c1-13(2,3)18-11-7-5-10(6-8-11)9-14(4,15)12(16)17/h5-8H,9,15H2,1-4H3,(H,16,17)/t14-/m0/s1. The van der Waals surface area contributed by atoms with Crippen molar-refractivity contribution in [3.05, 3.63) is 29.8 Å². The second-order valence-electron chi connectivity index (χ2n) is 5.76. The molecule has 0 saturated heterocycles. The number of aliphatic carboxylic acids is 1. The van der Waals surface area contributed by atoms with Gasteiger partial charge in [-0.05, 0) is 45.4 Å². The van der Waals surface area contributed by atoms with E-state index in [0.717, 1.165) is 11.3 Å². The molecular weight excluding hydrogens is 230 g/mol. The number of carbonyl (C=O) groups is 1. The van der Waals surface area contributed by atoms with Gasteiger partial charge in [-0.15, -0.1) is 0 Å². The van der Waals surface area contributed by atoms with Gasteiger partial charge in [0.05, 0.1) is 0 Å². The molecule has 0 spiro atoms. The lowest BCUT2D eigenvalue weighted by Crippen LogP contribution is -2.46. The molecule has 0 saturated carbocycles. The number of rotatable bonds is 4. The molecule has 0 unspecified atom stereocenters. The fraction of sp³-hybridized carbons (Fsp3) is 0.500. The van der Waals surface area contributed by atoms with Crippen molar-refractivity contribution in [2.75, 3.05) is 0 Å².